The lowest BCUT2D eigenvalue weighted by Crippen LogP contribution is -2.30. The predicted molar refractivity (Wildman–Crippen MR) is 79.1 cm³/mol. The van der Waals surface area contributed by atoms with Gasteiger partial charge in [0.1, 0.15) is 5.82 Å². The molecule has 3 rings (SSSR count). The van der Waals surface area contributed by atoms with Gasteiger partial charge < -0.3 is 10.2 Å². The van der Waals surface area contributed by atoms with Crippen LogP contribution in [0.15, 0.2) is 18.2 Å². The Morgan fingerprint density at radius 3 is 2.83 bits per heavy atom. The van der Waals surface area contributed by atoms with Gasteiger partial charge in [0.15, 0.2) is 0 Å². The van der Waals surface area contributed by atoms with Gasteiger partial charge in [-0.3, -0.25) is 19.7 Å². The van der Waals surface area contributed by atoms with Crippen LogP contribution < -0.4 is 5.32 Å². The zero-order valence-electron chi connectivity index (χ0n) is 12.3. The standard InChI is InChI=1S/C15H16FN3O4/c16-12-4-3-11(19(22)23)6-13(12)17-15(21)10-5-14(20)18(8-10)7-9-1-2-9/h3-4,6,9-10H,1-2,5,7-8H2,(H,17,21). The lowest BCUT2D eigenvalue weighted by atomic mass is 10.1. The average Bonchev–Trinajstić information content (AvgIpc) is 3.24. The third-order valence-electron chi connectivity index (χ3n) is 4.18. The van der Waals surface area contributed by atoms with Crippen molar-refractivity contribution in [1.82, 2.24) is 4.90 Å². The van der Waals surface area contributed by atoms with E-state index < -0.39 is 22.6 Å². The number of likely N-dealkylation sites (tertiary alicyclic amines) is 1. The van der Waals surface area contributed by atoms with Gasteiger partial charge >= 0.3 is 0 Å². The topological polar surface area (TPSA) is 92.5 Å². The van der Waals surface area contributed by atoms with Crippen LogP contribution in [0.3, 0.4) is 0 Å². The summed E-state index contributed by atoms with van der Waals surface area (Å²) in [5, 5.41) is 13.1. The van der Waals surface area contributed by atoms with E-state index in [0.29, 0.717) is 19.0 Å². The van der Waals surface area contributed by atoms with Crippen molar-refractivity contribution in [3.8, 4) is 0 Å². The van der Waals surface area contributed by atoms with Gasteiger partial charge in [0.25, 0.3) is 5.69 Å². The Bertz CT molecular complexity index is 675. The molecule has 0 spiro atoms. The second kappa shape index (κ2) is 5.94. The van der Waals surface area contributed by atoms with E-state index in [4.69, 9.17) is 0 Å². The first-order valence-corrected chi connectivity index (χ1v) is 7.46. The number of benzene rings is 1. The maximum Gasteiger partial charge on any atom is 0.271 e. The normalized spacial score (nSPS) is 20.7. The summed E-state index contributed by atoms with van der Waals surface area (Å²) in [5.41, 5.74) is -0.545. The van der Waals surface area contributed by atoms with Crippen molar-refractivity contribution >= 4 is 23.2 Å². The van der Waals surface area contributed by atoms with Crippen molar-refractivity contribution in [2.75, 3.05) is 18.4 Å². The minimum absolute atomic E-state index is 0.0726. The molecule has 122 valence electrons. The van der Waals surface area contributed by atoms with E-state index in [0.717, 1.165) is 31.0 Å². The number of rotatable bonds is 5. The maximum absolute atomic E-state index is 13.7. The van der Waals surface area contributed by atoms with E-state index in [9.17, 15) is 24.1 Å². The number of anilines is 1. The maximum atomic E-state index is 13.7. The Hall–Kier alpha value is -2.51. The SMILES string of the molecule is O=C(Nc1cc([N+](=O)[O-])ccc1F)C1CC(=O)N(CC2CC2)C1. The lowest BCUT2D eigenvalue weighted by molar-refractivity contribution is -0.384. The van der Waals surface area contributed by atoms with Crippen LogP contribution in [0.5, 0.6) is 0 Å². The molecule has 8 heteroatoms. The Balaban J connectivity index is 1.66. The fraction of sp³-hybridized carbons (Fsp3) is 0.467. The van der Waals surface area contributed by atoms with Gasteiger partial charge in [-0.2, -0.15) is 0 Å². The molecule has 1 atom stereocenters. The molecular weight excluding hydrogens is 305 g/mol. The number of hydrogen-bond acceptors (Lipinski definition) is 4. The van der Waals surface area contributed by atoms with Crippen molar-refractivity contribution in [3.63, 3.8) is 0 Å². The van der Waals surface area contributed by atoms with Crippen molar-refractivity contribution in [2.45, 2.75) is 19.3 Å². The number of amides is 2. The molecule has 1 aliphatic heterocycles. The van der Waals surface area contributed by atoms with Crippen molar-refractivity contribution < 1.29 is 18.9 Å². The summed E-state index contributed by atoms with van der Waals surface area (Å²) in [6.45, 7) is 0.992. The summed E-state index contributed by atoms with van der Waals surface area (Å²) in [6.07, 6.45) is 2.31. The van der Waals surface area contributed by atoms with Gasteiger partial charge in [-0.15, -0.1) is 0 Å². The summed E-state index contributed by atoms with van der Waals surface area (Å²) in [5.74, 6) is -1.33. The van der Waals surface area contributed by atoms with Crippen molar-refractivity contribution in [2.24, 2.45) is 11.8 Å². The number of nitro benzene ring substituents is 1. The quantitative estimate of drug-likeness (QED) is 0.662. The molecule has 0 aromatic heterocycles. The molecular formula is C15H16FN3O4. The predicted octanol–water partition coefficient (Wildman–Crippen LogP) is 1.93. The summed E-state index contributed by atoms with van der Waals surface area (Å²) in [4.78, 5) is 35.8. The molecule has 2 aliphatic rings. The summed E-state index contributed by atoms with van der Waals surface area (Å²) < 4.78 is 13.7. The second-order valence-corrected chi connectivity index (χ2v) is 6.05. The smallest absolute Gasteiger partial charge is 0.271 e. The second-order valence-electron chi connectivity index (χ2n) is 6.05. The summed E-state index contributed by atoms with van der Waals surface area (Å²) in [6, 6.07) is 2.94. The highest BCUT2D eigenvalue weighted by molar-refractivity contribution is 5.97. The number of nitrogens with zero attached hydrogens (tertiary/aromatic N) is 2. The van der Waals surface area contributed by atoms with Crippen LogP contribution in [-0.4, -0.2) is 34.7 Å². The van der Waals surface area contributed by atoms with Crippen molar-refractivity contribution in [3.05, 3.63) is 34.1 Å². The Labute approximate surface area is 131 Å². The van der Waals surface area contributed by atoms with Gasteiger partial charge in [0, 0.05) is 31.6 Å². The number of nitro groups is 1. The third-order valence-corrected chi connectivity index (χ3v) is 4.18. The van der Waals surface area contributed by atoms with Gasteiger partial charge in [0.05, 0.1) is 16.5 Å². The molecule has 1 saturated heterocycles. The first kappa shape index (κ1) is 15.4. The Morgan fingerprint density at radius 1 is 1.43 bits per heavy atom. The molecule has 1 aromatic rings. The van der Waals surface area contributed by atoms with E-state index >= 15 is 0 Å². The Kier molecular flexibility index (Phi) is 3.97. The molecule has 23 heavy (non-hydrogen) atoms. The monoisotopic (exact) mass is 321 g/mol. The van der Waals surface area contributed by atoms with Gasteiger partial charge in [0.2, 0.25) is 11.8 Å². The number of non-ortho nitro benzene ring substituents is 1. The summed E-state index contributed by atoms with van der Waals surface area (Å²) >= 11 is 0. The van der Waals surface area contributed by atoms with Crippen LogP contribution in [0.4, 0.5) is 15.8 Å². The van der Waals surface area contributed by atoms with Crippen LogP contribution in [0, 0.1) is 27.8 Å². The van der Waals surface area contributed by atoms with Crippen LogP contribution in [-0.2, 0) is 9.59 Å². The fourth-order valence-electron chi connectivity index (χ4n) is 2.69. The Morgan fingerprint density at radius 2 is 2.17 bits per heavy atom. The molecule has 1 unspecified atom stereocenters. The largest absolute Gasteiger partial charge is 0.342 e. The highest BCUT2D eigenvalue weighted by atomic mass is 19.1. The number of carbonyl (C=O) groups is 2. The molecule has 2 amide bonds. The fourth-order valence-corrected chi connectivity index (χ4v) is 2.69. The molecule has 7 nitrogen and oxygen atoms in total. The van der Waals surface area contributed by atoms with Gasteiger partial charge in [-0.05, 0) is 24.8 Å². The van der Waals surface area contributed by atoms with E-state index in [1.165, 1.54) is 0 Å². The van der Waals surface area contributed by atoms with Crippen LogP contribution in [0.2, 0.25) is 0 Å². The first-order valence-electron chi connectivity index (χ1n) is 7.46. The molecule has 0 radical (unpaired) electrons. The van der Waals surface area contributed by atoms with Crippen LogP contribution >= 0.6 is 0 Å². The third kappa shape index (κ3) is 3.46. The van der Waals surface area contributed by atoms with E-state index in [2.05, 4.69) is 5.32 Å². The zero-order valence-corrected chi connectivity index (χ0v) is 12.3. The van der Waals surface area contributed by atoms with Crippen molar-refractivity contribution in [1.29, 1.82) is 0 Å². The molecule has 1 saturated carbocycles. The van der Waals surface area contributed by atoms with E-state index in [-0.39, 0.29) is 23.7 Å². The molecule has 2 fully saturated rings. The lowest BCUT2D eigenvalue weighted by Gasteiger charge is -2.16. The highest BCUT2D eigenvalue weighted by Gasteiger charge is 2.37. The zero-order chi connectivity index (χ0) is 16.6. The first-order chi connectivity index (χ1) is 10.9. The van der Waals surface area contributed by atoms with E-state index in [1.807, 2.05) is 0 Å². The molecule has 0 bridgehead atoms. The van der Waals surface area contributed by atoms with Gasteiger partial charge in [-0.25, -0.2) is 4.39 Å². The summed E-state index contributed by atoms with van der Waals surface area (Å²) in [7, 11) is 0. The highest BCUT2D eigenvalue weighted by Crippen LogP contribution is 2.32. The average molecular weight is 321 g/mol. The molecule has 1 heterocycles. The minimum Gasteiger partial charge on any atom is -0.342 e. The molecule has 1 aliphatic carbocycles. The number of carbonyl (C=O) groups excluding carboxylic acids is 2. The molecule has 1 N–H and O–H groups in total. The van der Waals surface area contributed by atoms with Crippen LogP contribution in [0.1, 0.15) is 19.3 Å². The minimum atomic E-state index is -0.747. The number of hydrogen-bond donors (Lipinski definition) is 1. The number of halogens is 1. The van der Waals surface area contributed by atoms with Gasteiger partial charge in [-0.1, -0.05) is 0 Å². The molecule has 1 aromatic carbocycles. The van der Waals surface area contributed by atoms with E-state index in [1.54, 1.807) is 4.90 Å². The van der Waals surface area contributed by atoms with Crippen LogP contribution in [0.25, 0.3) is 0 Å². The number of nitrogens with one attached hydrogen (secondary N) is 1.